The van der Waals surface area contributed by atoms with Gasteiger partial charge in [-0.3, -0.25) is 14.9 Å². The zero-order chi connectivity index (χ0) is 18.4. The summed E-state index contributed by atoms with van der Waals surface area (Å²) in [6, 6.07) is 10.1. The lowest BCUT2D eigenvalue weighted by molar-refractivity contribution is -0.384. The first-order valence-corrected chi connectivity index (χ1v) is 7.81. The quantitative estimate of drug-likeness (QED) is 0.468. The van der Waals surface area contributed by atoms with Crippen molar-refractivity contribution in [1.29, 1.82) is 0 Å². The Bertz CT molecular complexity index is 837. The molecule has 2 aromatic carbocycles. The van der Waals surface area contributed by atoms with E-state index >= 15 is 0 Å². The Labute approximate surface area is 149 Å². The van der Waals surface area contributed by atoms with Gasteiger partial charge in [0.2, 0.25) is 0 Å². The van der Waals surface area contributed by atoms with E-state index in [2.05, 4.69) is 15.8 Å². The SMILES string of the molecule is Cc1ccc(NCC(=O)NN=Cc2ccc(Cl)c([N+](=O)[O-])c2)c(C)c1. The number of hydrogen-bond acceptors (Lipinski definition) is 5. The van der Waals surface area contributed by atoms with E-state index in [0.717, 1.165) is 16.8 Å². The summed E-state index contributed by atoms with van der Waals surface area (Å²) in [5, 5.41) is 17.7. The van der Waals surface area contributed by atoms with Gasteiger partial charge < -0.3 is 5.32 Å². The number of aryl methyl sites for hydroxylation is 2. The predicted octanol–water partition coefficient (Wildman–Crippen LogP) is 3.43. The minimum absolute atomic E-state index is 0.0452. The Morgan fingerprint density at radius 3 is 2.72 bits per heavy atom. The van der Waals surface area contributed by atoms with Gasteiger partial charge in [-0.1, -0.05) is 35.4 Å². The van der Waals surface area contributed by atoms with Crippen LogP contribution >= 0.6 is 11.6 Å². The van der Waals surface area contributed by atoms with Crippen molar-refractivity contribution in [3.63, 3.8) is 0 Å². The van der Waals surface area contributed by atoms with Gasteiger partial charge in [0.25, 0.3) is 11.6 Å². The number of amides is 1. The van der Waals surface area contributed by atoms with E-state index in [1.165, 1.54) is 18.3 Å². The molecule has 0 bridgehead atoms. The minimum atomic E-state index is -0.577. The summed E-state index contributed by atoms with van der Waals surface area (Å²) in [6.07, 6.45) is 1.32. The van der Waals surface area contributed by atoms with Crippen LogP contribution in [0.2, 0.25) is 5.02 Å². The number of anilines is 1. The average molecular weight is 361 g/mol. The standard InChI is InChI=1S/C17H17ClN4O3/c1-11-3-6-15(12(2)7-11)19-10-17(23)21-20-9-13-4-5-14(18)16(8-13)22(24)25/h3-9,19H,10H2,1-2H3,(H,21,23). The molecule has 0 atom stereocenters. The zero-order valence-electron chi connectivity index (χ0n) is 13.7. The number of hydrazone groups is 1. The summed E-state index contributed by atoms with van der Waals surface area (Å²) in [7, 11) is 0. The molecule has 25 heavy (non-hydrogen) atoms. The number of rotatable bonds is 6. The lowest BCUT2D eigenvalue weighted by Crippen LogP contribution is -2.26. The number of carbonyl (C=O) groups is 1. The van der Waals surface area contributed by atoms with Crippen molar-refractivity contribution in [2.75, 3.05) is 11.9 Å². The molecular weight excluding hydrogens is 344 g/mol. The molecule has 0 aliphatic carbocycles. The van der Waals surface area contributed by atoms with Crippen molar-refractivity contribution < 1.29 is 9.72 Å². The van der Waals surface area contributed by atoms with E-state index in [1.807, 2.05) is 32.0 Å². The van der Waals surface area contributed by atoms with Crippen LogP contribution in [0.15, 0.2) is 41.5 Å². The molecule has 2 N–H and O–H groups in total. The summed E-state index contributed by atoms with van der Waals surface area (Å²) >= 11 is 5.73. The molecule has 0 saturated carbocycles. The van der Waals surface area contributed by atoms with Gasteiger partial charge in [0.05, 0.1) is 17.7 Å². The maximum absolute atomic E-state index is 11.8. The minimum Gasteiger partial charge on any atom is -0.376 e. The van der Waals surface area contributed by atoms with Crippen LogP contribution in [0.1, 0.15) is 16.7 Å². The van der Waals surface area contributed by atoms with Crippen molar-refractivity contribution in [3.05, 3.63) is 68.2 Å². The molecular formula is C17H17ClN4O3. The smallest absolute Gasteiger partial charge is 0.288 e. The molecule has 2 rings (SSSR count). The summed E-state index contributed by atoms with van der Waals surface area (Å²) < 4.78 is 0. The molecule has 0 saturated heterocycles. The first kappa shape index (κ1) is 18.4. The molecule has 7 nitrogen and oxygen atoms in total. The third-order valence-corrected chi connectivity index (χ3v) is 3.71. The van der Waals surface area contributed by atoms with Crippen LogP contribution in [-0.2, 0) is 4.79 Å². The lowest BCUT2D eigenvalue weighted by atomic mass is 10.1. The Kier molecular flexibility index (Phi) is 6.08. The largest absolute Gasteiger partial charge is 0.376 e. The number of carbonyl (C=O) groups excluding carboxylic acids is 1. The molecule has 0 aliphatic rings. The summed E-state index contributed by atoms with van der Waals surface area (Å²) in [4.78, 5) is 22.0. The molecule has 2 aromatic rings. The molecule has 0 aliphatic heterocycles. The Morgan fingerprint density at radius 1 is 1.28 bits per heavy atom. The monoisotopic (exact) mass is 360 g/mol. The Hall–Kier alpha value is -2.93. The van der Waals surface area contributed by atoms with Crippen LogP contribution in [0.4, 0.5) is 11.4 Å². The number of nitro benzene ring substituents is 1. The van der Waals surface area contributed by atoms with E-state index < -0.39 is 4.92 Å². The molecule has 0 heterocycles. The fourth-order valence-corrected chi connectivity index (χ4v) is 2.34. The fraction of sp³-hybridized carbons (Fsp3) is 0.176. The summed E-state index contributed by atoms with van der Waals surface area (Å²) in [5.74, 6) is -0.334. The average Bonchev–Trinajstić information content (AvgIpc) is 2.55. The van der Waals surface area contributed by atoms with Gasteiger partial charge in [-0.15, -0.1) is 0 Å². The van der Waals surface area contributed by atoms with Crippen LogP contribution in [0.25, 0.3) is 0 Å². The predicted molar refractivity (Wildman–Crippen MR) is 98.2 cm³/mol. The van der Waals surface area contributed by atoms with Crippen LogP contribution in [-0.4, -0.2) is 23.6 Å². The van der Waals surface area contributed by atoms with Gasteiger partial charge in [0.1, 0.15) is 5.02 Å². The van der Waals surface area contributed by atoms with Gasteiger partial charge in [-0.25, -0.2) is 5.43 Å². The highest BCUT2D eigenvalue weighted by Gasteiger charge is 2.11. The van der Waals surface area contributed by atoms with Crippen molar-refractivity contribution >= 4 is 35.1 Å². The summed E-state index contributed by atoms with van der Waals surface area (Å²) in [5.41, 5.74) is 5.67. The topological polar surface area (TPSA) is 96.6 Å². The highest BCUT2D eigenvalue weighted by Crippen LogP contribution is 2.24. The molecule has 0 spiro atoms. The molecule has 0 radical (unpaired) electrons. The zero-order valence-corrected chi connectivity index (χ0v) is 14.5. The number of nitro groups is 1. The number of benzene rings is 2. The lowest BCUT2D eigenvalue weighted by Gasteiger charge is -2.09. The molecule has 130 valence electrons. The number of nitrogens with one attached hydrogen (secondary N) is 2. The first-order valence-electron chi connectivity index (χ1n) is 7.44. The van der Waals surface area contributed by atoms with Crippen LogP contribution in [0.5, 0.6) is 0 Å². The second kappa shape index (κ2) is 8.25. The molecule has 0 unspecified atom stereocenters. The fourth-order valence-electron chi connectivity index (χ4n) is 2.16. The van der Waals surface area contributed by atoms with Crippen LogP contribution < -0.4 is 10.7 Å². The number of hydrogen-bond donors (Lipinski definition) is 2. The molecule has 0 aromatic heterocycles. The summed E-state index contributed by atoms with van der Waals surface area (Å²) in [6.45, 7) is 4.01. The highest BCUT2D eigenvalue weighted by molar-refractivity contribution is 6.32. The van der Waals surface area contributed by atoms with Crippen molar-refractivity contribution in [1.82, 2.24) is 5.43 Å². The third-order valence-electron chi connectivity index (χ3n) is 3.39. The van der Waals surface area contributed by atoms with Gasteiger partial charge in [-0.2, -0.15) is 5.10 Å². The molecule has 1 amide bonds. The van der Waals surface area contributed by atoms with Crippen molar-refractivity contribution in [2.45, 2.75) is 13.8 Å². The van der Waals surface area contributed by atoms with Gasteiger partial charge in [0.15, 0.2) is 0 Å². The van der Waals surface area contributed by atoms with Crippen molar-refractivity contribution in [3.8, 4) is 0 Å². The van der Waals surface area contributed by atoms with Gasteiger partial charge >= 0.3 is 0 Å². The van der Waals surface area contributed by atoms with Gasteiger partial charge in [-0.05, 0) is 31.5 Å². The Morgan fingerprint density at radius 2 is 2.04 bits per heavy atom. The van der Waals surface area contributed by atoms with E-state index in [0.29, 0.717) is 5.56 Å². The Balaban J connectivity index is 1.90. The molecule has 8 heteroatoms. The van der Waals surface area contributed by atoms with E-state index in [9.17, 15) is 14.9 Å². The van der Waals surface area contributed by atoms with E-state index in [1.54, 1.807) is 6.07 Å². The third kappa shape index (κ3) is 5.29. The second-order valence-electron chi connectivity index (χ2n) is 5.43. The van der Waals surface area contributed by atoms with Crippen LogP contribution in [0.3, 0.4) is 0 Å². The first-order chi connectivity index (χ1) is 11.9. The maximum atomic E-state index is 11.8. The highest BCUT2D eigenvalue weighted by atomic mass is 35.5. The van der Waals surface area contributed by atoms with Crippen LogP contribution in [0, 0.1) is 24.0 Å². The molecule has 0 fully saturated rings. The van der Waals surface area contributed by atoms with E-state index in [-0.39, 0.29) is 23.2 Å². The number of nitrogens with zero attached hydrogens (tertiary/aromatic N) is 2. The number of halogens is 1. The normalized spacial score (nSPS) is 10.7. The maximum Gasteiger partial charge on any atom is 0.288 e. The van der Waals surface area contributed by atoms with Gasteiger partial charge in [0, 0.05) is 17.3 Å². The van der Waals surface area contributed by atoms with E-state index in [4.69, 9.17) is 11.6 Å². The second-order valence-corrected chi connectivity index (χ2v) is 5.84. The van der Waals surface area contributed by atoms with Crippen molar-refractivity contribution in [2.24, 2.45) is 5.10 Å².